The van der Waals surface area contributed by atoms with Crippen LogP contribution in [-0.4, -0.2) is 34.9 Å². The van der Waals surface area contributed by atoms with Gasteiger partial charge in [0.05, 0.1) is 18.8 Å². The maximum Gasteiger partial charge on any atom is 0.220 e. The second-order valence-corrected chi connectivity index (χ2v) is 17.9. The van der Waals surface area contributed by atoms with Gasteiger partial charge < -0.3 is 15.5 Å². The summed E-state index contributed by atoms with van der Waals surface area (Å²) >= 11 is 0. The molecule has 1 amide bonds. The number of aliphatic hydroxyl groups excluding tert-OH is 2. The van der Waals surface area contributed by atoms with E-state index in [-0.39, 0.29) is 12.5 Å². The van der Waals surface area contributed by atoms with Gasteiger partial charge in [-0.2, -0.15) is 0 Å². The van der Waals surface area contributed by atoms with Crippen molar-refractivity contribution in [3.05, 3.63) is 122 Å². The Kier molecular flexibility index (Phi) is 52.4. The minimum absolute atomic E-state index is 0.0830. The Balaban J connectivity index is 3.63. The van der Waals surface area contributed by atoms with Crippen LogP contribution in [0.25, 0.3) is 0 Å². The van der Waals surface area contributed by atoms with Crippen molar-refractivity contribution < 1.29 is 15.0 Å². The zero-order chi connectivity index (χ0) is 47.0. The smallest absolute Gasteiger partial charge is 0.220 e. The summed E-state index contributed by atoms with van der Waals surface area (Å²) in [6, 6.07) is -0.650. The standard InChI is InChI=1S/C61H103NO3/c1-3-5-7-9-11-13-15-17-19-21-23-24-25-26-27-28-29-30-31-32-33-34-35-36-37-38-39-41-43-45-47-49-51-53-55-57-61(65)62-59(58-63)60(64)56-54-52-50-48-46-44-42-40-22-20-18-16-14-12-10-8-6-4-2/h5,7,11,13,17,19,23-24,26-27,29-30,32-33,35-36,46,48,54,56,59-60,63-64H,3-4,6,8-10,12,14-16,18,20-22,25,28,31,34,37-45,47,49-53,55,57-58H2,1-2H3,(H,62,65)/b7-5-,13-11-,19-17-,24-23-,27-26-,30-29-,33-32-,36-35-,48-46+,56-54+. The number of hydrogen-bond donors (Lipinski definition) is 3. The highest BCUT2D eigenvalue weighted by Gasteiger charge is 2.17. The van der Waals surface area contributed by atoms with Crippen LogP contribution in [0.4, 0.5) is 0 Å². The number of rotatable bonds is 48. The van der Waals surface area contributed by atoms with Crippen molar-refractivity contribution in [1.29, 1.82) is 0 Å². The van der Waals surface area contributed by atoms with E-state index in [9.17, 15) is 15.0 Å². The molecule has 2 atom stereocenters. The van der Waals surface area contributed by atoms with Crippen LogP contribution in [0.1, 0.15) is 239 Å². The molecule has 370 valence electrons. The topological polar surface area (TPSA) is 69.6 Å². The lowest BCUT2D eigenvalue weighted by molar-refractivity contribution is -0.123. The molecule has 0 heterocycles. The number of aliphatic hydroxyl groups is 2. The van der Waals surface area contributed by atoms with Crippen LogP contribution in [0.5, 0.6) is 0 Å². The molecule has 0 saturated heterocycles. The number of hydrogen-bond acceptors (Lipinski definition) is 3. The van der Waals surface area contributed by atoms with Crippen molar-refractivity contribution in [3.63, 3.8) is 0 Å². The Morgan fingerprint density at radius 3 is 1.08 bits per heavy atom. The molecule has 0 aromatic carbocycles. The fourth-order valence-electron chi connectivity index (χ4n) is 7.56. The van der Waals surface area contributed by atoms with Gasteiger partial charge >= 0.3 is 0 Å². The lowest BCUT2D eigenvalue weighted by atomic mass is 10.0. The van der Waals surface area contributed by atoms with Gasteiger partial charge in [0.25, 0.3) is 0 Å². The van der Waals surface area contributed by atoms with Crippen LogP contribution in [0.15, 0.2) is 122 Å². The first-order valence-electron chi connectivity index (χ1n) is 27.2. The fraction of sp³-hybridized carbons (Fsp3) is 0.656. The average Bonchev–Trinajstić information content (AvgIpc) is 3.31. The van der Waals surface area contributed by atoms with Crippen LogP contribution in [0, 0.1) is 0 Å². The van der Waals surface area contributed by atoms with Crippen molar-refractivity contribution in [2.45, 2.75) is 251 Å². The Bertz CT molecular complexity index is 1290. The molecule has 4 heteroatoms. The van der Waals surface area contributed by atoms with E-state index in [1.54, 1.807) is 6.08 Å². The monoisotopic (exact) mass is 898 g/mol. The Morgan fingerprint density at radius 1 is 0.385 bits per heavy atom. The summed E-state index contributed by atoms with van der Waals surface area (Å²) in [7, 11) is 0. The van der Waals surface area contributed by atoms with Gasteiger partial charge in [-0.15, -0.1) is 0 Å². The molecule has 2 unspecified atom stereocenters. The van der Waals surface area contributed by atoms with Gasteiger partial charge in [-0.3, -0.25) is 4.79 Å². The van der Waals surface area contributed by atoms with Gasteiger partial charge in [0, 0.05) is 6.42 Å². The minimum Gasteiger partial charge on any atom is -0.394 e. The third kappa shape index (κ3) is 51.6. The molecule has 0 aromatic rings. The molecule has 0 aliphatic carbocycles. The van der Waals surface area contributed by atoms with Crippen molar-refractivity contribution >= 4 is 5.91 Å². The molecule has 0 rings (SSSR count). The first-order chi connectivity index (χ1) is 32.2. The molecule has 0 saturated carbocycles. The van der Waals surface area contributed by atoms with Crippen LogP contribution >= 0.6 is 0 Å². The molecule has 4 nitrogen and oxygen atoms in total. The summed E-state index contributed by atoms with van der Waals surface area (Å²) in [5, 5.41) is 23.1. The first-order valence-corrected chi connectivity index (χ1v) is 27.2. The zero-order valence-electron chi connectivity index (χ0n) is 42.5. The normalized spacial score (nSPS) is 13.8. The third-order valence-electron chi connectivity index (χ3n) is 11.7. The third-order valence-corrected chi connectivity index (χ3v) is 11.7. The highest BCUT2D eigenvalue weighted by Crippen LogP contribution is 2.14. The number of allylic oxidation sites excluding steroid dienone is 19. The second kappa shape index (κ2) is 55.1. The number of amides is 1. The van der Waals surface area contributed by atoms with Gasteiger partial charge in [0.1, 0.15) is 0 Å². The second-order valence-electron chi connectivity index (χ2n) is 17.9. The summed E-state index contributed by atoms with van der Waals surface area (Å²) < 4.78 is 0. The van der Waals surface area contributed by atoms with E-state index in [1.807, 2.05) is 6.08 Å². The number of carbonyl (C=O) groups is 1. The van der Waals surface area contributed by atoms with Crippen LogP contribution < -0.4 is 5.32 Å². The largest absolute Gasteiger partial charge is 0.394 e. The number of carbonyl (C=O) groups excluding carboxylic acids is 1. The minimum atomic E-state index is -0.872. The molecule has 0 aliphatic heterocycles. The van der Waals surface area contributed by atoms with E-state index < -0.39 is 12.1 Å². The maximum atomic E-state index is 12.5. The van der Waals surface area contributed by atoms with Gasteiger partial charge in [-0.1, -0.05) is 257 Å². The summed E-state index contributed by atoms with van der Waals surface area (Å²) in [5.41, 5.74) is 0. The van der Waals surface area contributed by atoms with Crippen LogP contribution in [0.3, 0.4) is 0 Å². The van der Waals surface area contributed by atoms with E-state index in [4.69, 9.17) is 0 Å². The molecule has 0 aromatic heterocycles. The molecule has 65 heavy (non-hydrogen) atoms. The van der Waals surface area contributed by atoms with Gasteiger partial charge in [-0.25, -0.2) is 0 Å². The van der Waals surface area contributed by atoms with E-state index in [0.717, 1.165) is 89.9 Å². The van der Waals surface area contributed by atoms with E-state index >= 15 is 0 Å². The molecule has 0 fully saturated rings. The lowest BCUT2D eigenvalue weighted by Crippen LogP contribution is -2.45. The molecule has 0 bridgehead atoms. The molecule has 0 radical (unpaired) electrons. The Morgan fingerprint density at radius 2 is 0.692 bits per heavy atom. The molecule has 0 spiro atoms. The highest BCUT2D eigenvalue weighted by atomic mass is 16.3. The van der Waals surface area contributed by atoms with Crippen molar-refractivity contribution in [2.24, 2.45) is 0 Å². The SMILES string of the molecule is CC/C=C\C/C=C\C/C=C\C/C=C\C/C=C\C/C=C\C/C=C\C/C=C\CCCCCCCCCCCCC(=O)NC(CO)C(O)/C=C/CC/C=C/CCCCCCCCCCCCCC. The van der Waals surface area contributed by atoms with Crippen LogP contribution in [-0.2, 0) is 4.79 Å². The zero-order valence-corrected chi connectivity index (χ0v) is 42.5. The summed E-state index contributed by atoms with van der Waals surface area (Å²) in [5.74, 6) is -0.0830. The van der Waals surface area contributed by atoms with Gasteiger partial charge in [0.15, 0.2) is 0 Å². The van der Waals surface area contributed by atoms with E-state index in [0.29, 0.717) is 6.42 Å². The van der Waals surface area contributed by atoms with Crippen molar-refractivity contribution in [3.8, 4) is 0 Å². The molecular formula is C61H103NO3. The quantitative estimate of drug-likeness (QED) is 0.0421. The van der Waals surface area contributed by atoms with Crippen LogP contribution in [0.2, 0.25) is 0 Å². The van der Waals surface area contributed by atoms with E-state index in [2.05, 4.69) is 129 Å². The summed E-state index contributed by atoms with van der Waals surface area (Å²) in [6.07, 6.45) is 84.8. The van der Waals surface area contributed by atoms with Crippen molar-refractivity contribution in [2.75, 3.05) is 6.61 Å². The first kappa shape index (κ1) is 61.8. The highest BCUT2D eigenvalue weighted by molar-refractivity contribution is 5.76. The molecular weight excluding hydrogens is 795 g/mol. The number of unbranched alkanes of at least 4 members (excludes halogenated alkanes) is 23. The number of nitrogens with one attached hydrogen (secondary N) is 1. The van der Waals surface area contributed by atoms with Crippen molar-refractivity contribution in [1.82, 2.24) is 5.32 Å². The maximum absolute atomic E-state index is 12.5. The Labute approximate surface area is 403 Å². The van der Waals surface area contributed by atoms with Gasteiger partial charge in [0.2, 0.25) is 5.91 Å². The molecule has 0 aliphatic rings. The van der Waals surface area contributed by atoms with E-state index in [1.165, 1.54) is 128 Å². The fourth-order valence-corrected chi connectivity index (χ4v) is 7.56. The molecule has 3 N–H and O–H groups in total. The van der Waals surface area contributed by atoms with Gasteiger partial charge in [-0.05, 0) is 96.3 Å². The lowest BCUT2D eigenvalue weighted by Gasteiger charge is -2.19. The predicted octanol–water partition coefficient (Wildman–Crippen LogP) is 18.1. The summed E-state index contributed by atoms with van der Waals surface area (Å²) in [4.78, 5) is 12.5. The summed E-state index contributed by atoms with van der Waals surface area (Å²) in [6.45, 7) is 4.18. The Hall–Kier alpha value is -3.21. The predicted molar refractivity (Wildman–Crippen MR) is 289 cm³/mol. The average molecular weight is 898 g/mol.